The lowest BCUT2D eigenvalue weighted by molar-refractivity contribution is 0.0316. The van der Waals surface area contributed by atoms with E-state index < -0.39 is 21.5 Å². The molecule has 1 N–H and O–H groups in total. The zero-order valence-electron chi connectivity index (χ0n) is 11.6. The fraction of sp³-hybridized carbons (Fsp3) is 0.583. The number of aromatic nitrogens is 2. The molecule has 1 aromatic rings. The molecule has 2 fully saturated rings. The molecule has 3 heterocycles. The van der Waals surface area contributed by atoms with Crippen molar-refractivity contribution in [2.45, 2.75) is 23.5 Å². The summed E-state index contributed by atoms with van der Waals surface area (Å²) in [5.74, 6) is 0.308. The van der Waals surface area contributed by atoms with Crippen molar-refractivity contribution < 1.29 is 17.9 Å². The van der Waals surface area contributed by atoms with E-state index in [-0.39, 0.29) is 5.03 Å². The summed E-state index contributed by atoms with van der Waals surface area (Å²) in [6.07, 6.45) is 4.56. The van der Waals surface area contributed by atoms with E-state index in [2.05, 4.69) is 15.3 Å². The maximum absolute atomic E-state index is 12.0. The third-order valence-corrected chi connectivity index (χ3v) is 4.73. The van der Waals surface area contributed by atoms with Crippen molar-refractivity contribution >= 4 is 21.7 Å². The molecular formula is C12H16N4O4S. The van der Waals surface area contributed by atoms with E-state index in [0.29, 0.717) is 12.4 Å². The third-order valence-electron chi connectivity index (χ3n) is 3.76. The second-order valence-corrected chi connectivity index (χ2v) is 7.33. The number of rotatable bonds is 2. The Kier molecular flexibility index (Phi) is 3.33. The van der Waals surface area contributed by atoms with Gasteiger partial charge in [0.25, 0.3) is 0 Å². The van der Waals surface area contributed by atoms with E-state index in [1.807, 2.05) is 0 Å². The first-order valence-corrected chi connectivity index (χ1v) is 8.52. The van der Waals surface area contributed by atoms with Crippen LogP contribution in [0.4, 0.5) is 10.6 Å². The molecule has 1 aromatic heterocycles. The smallest absolute Gasteiger partial charge is 0.416 e. The summed E-state index contributed by atoms with van der Waals surface area (Å²) in [5, 5.41) is 3.11. The Labute approximate surface area is 122 Å². The first kappa shape index (κ1) is 14.2. The van der Waals surface area contributed by atoms with Crippen molar-refractivity contribution in [1.82, 2.24) is 15.3 Å². The number of amides is 1. The molecule has 2 aliphatic rings. The molecular weight excluding hydrogens is 296 g/mol. The van der Waals surface area contributed by atoms with Crippen LogP contribution >= 0.6 is 0 Å². The monoisotopic (exact) mass is 312 g/mol. The van der Waals surface area contributed by atoms with Gasteiger partial charge >= 0.3 is 6.09 Å². The second kappa shape index (κ2) is 4.92. The number of sulfone groups is 1. The quantitative estimate of drug-likeness (QED) is 0.817. The highest BCUT2D eigenvalue weighted by Crippen LogP contribution is 2.33. The molecule has 3 rings (SSSR count). The molecule has 0 aromatic carbocycles. The van der Waals surface area contributed by atoms with Crippen molar-refractivity contribution in [3.05, 3.63) is 12.4 Å². The maximum atomic E-state index is 12.0. The number of piperidine rings is 1. The van der Waals surface area contributed by atoms with Gasteiger partial charge in [-0.1, -0.05) is 0 Å². The number of ether oxygens (including phenoxy) is 1. The van der Waals surface area contributed by atoms with Gasteiger partial charge in [0, 0.05) is 19.1 Å². The first-order chi connectivity index (χ1) is 9.90. The Morgan fingerprint density at radius 1 is 1.29 bits per heavy atom. The molecule has 1 amide bonds. The van der Waals surface area contributed by atoms with Gasteiger partial charge in [0.15, 0.2) is 20.7 Å². The lowest BCUT2D eigenvalue weighted by atomic mass is 9.92. The Hall–Kier alpha value is -1.74. The van der Waals surface area contributed by atoms with Crippen molar-refractivity contribution in [3.63, 3.8) is 0 Å². The van der Waals surface area contributed by atoms with Crippen molar-refractivity contribution in [2.75, 3.05) is 30.8 Å². The standard InChI is InChI=1S/C12H16N4O4S/c1-21(18,19)10-7-14-9(6-15-10)16-8-12(20-11(16)17)2-4-13-5-3-12/h6-7,13H,2-5,8H2,1H3. The largest absolute Gasteiger partial charge is 0.440 e. The van der Waals surface area contributed by atoms with Crippen LogP contribution in [0.15, 0.2) is 17.4 Å². The van der Waals surface area contributed by atoms with Gasteiger partial charge in [-0.25, -0.2) is 23.2 Å². The summed E-state index contributed by atoms with van der Waals surface area (Å²) in [7, 11) is -3.40. The Balaban J connectivity index is 1.82. The molecule has 8 nitrogen and oxygen atoms in total. The minimum Gasteiger partial charge on any atom is -0.440 e. The van der Waals surface area contributed by atoms with Crippen LogP contribution in [0, 0.1) is 0 Å². The van der Waals surface area contributed by atoms with E-state index in [4.69, 9.17) is 4.74 Å². The van der Waals surface area contributed by atoms with Crippen LogP contribution in [-0.2, 0) is 14.6 Å². The van der Waals surface area contributed by atoms with Crippen LogP contribution in [0.5, 0.6) is 0 Å². The summed E-state index contributed by atoms with van der Waals surface area (Å²) in [6.45, 7) is 2.03. The van der Waals surface area contributed by atoms with Crippen LogP contribution in [0.2, 0.25) is 0 Å². The highest BCUT2D eigenvalue weighted by molar-refractivity contribution is 7.90. The van der Waals surface area contributed by atoms with Gasteiger partial charge in [-0.3, -0.25) is 4.90 Å². The van der Waals surface area contributed by atoms with Crippen LogP contribution in [0.1, 0.15) is 12.8 Å². The average molecular weight is 312 g/mol. The topological polar surface area (TPSA) is 101 Å². The van der Waals surface area contributed by atoms with Gasteiger partial charge in [-0.15, -0.1) is 0 Å². The number of carbonyl (C=O) groups excluding carboxylic acids is 1. The van der Waals surface area contributed by atoms with Crippen LogP contribution < -0.4 is 10.2 Å². The number of nitrogens with zero attached hydrogens (tertiary/aromatic N) is 3. The molecule has 0 saturated carbocycles. The number of carbonyl (C=O) groups is 1. The highest BCUT2D eigenvalue weighted by atomic mass is 32.2. The molecule has 0 unspecified atom stereocenters. The summed E-state index contributed by atoms with van der Waals surface area (Å²) in [6, 6.07) is 0. The van der Waals surface area contributed by atoms with Gasteiger partial charge in [0.2, 0.25) is 0 Å². The van der Waals surface area contributed by atoms with Crippen LogP contribution in [0.3, 0.4) is 0 Å². The summed E-state index contributed by atoms with van der Waals surface area (Å²) >= 11 is 0. The second-order valence-electron chi connectivity index (χ2n) is 5.37. The molecule has 114 valence electrons. The first-order valence-electron chi connectivity index (χ1n) is 6.63. The zero-order chi connectivity index (χ0) is 15.1. The molecule has 0 bridgehead atoms. The molecule has 0 atom stereocenters. The molecule has 2 saturated heterocycles. The van der Waals surface area contributed by atoms with Gasteiger partial charge < -0.3 is 10.1 Å². The lowest BCUT2D eigenvalue weighted by Gasteiger charge is -2.31. The van der Waals surface area contributed by atoms with Gasteiger partial charge in [0.1, 0.15) is 5.60 Å². The molecule has 0 radical (unpaired) electrons. The van der Waals surface area contributed by atoms with Crippen LogP contribution in [0.25, 0.3) is 0 Å². The maximum Gasteiger partial charge on any atom is 0.416 e. The fourth-order valence-electron chi connectivity index (χ4n) is 2.58. The van der Waals surface area contributed by atoms with E-state index in [9.17, 15) is 13.2 Å². The highest BCUT2D eigenvalue weighted by Gasteiger charge is 2.46. The predicted octanol–water partition coefficient (Wildman–Crippen LogP) is -0.0411. The van der Waals surface area contributed by atoms with Crippen molar-refractivity contribution in [2.24, 2.45) is 0 Å². The predicted molar refractivity (Wildman–Crippen MR) is 73.8 cm³/mol. The average Bonchev–Trinajstić information content (AvgIpc) is 2.75. The fourth-order valence-corrected chi connectivity index (χ4v) is 3.07. The Bertz CT molecular complexity index is 652. The zero-order valence-corrected chi connectivity index (χ0v) is 12.4. The van der Waals surface area contributed by atoms with Gasteiger partial charge in [-0.2, -0.15) is 0 Å². The molecule has 2 aliphatic heterocycles. The third kappa shape index (κ3) is 2.70. The number of anilines is 1. The molecule has 0 aliphatic carbocycles. The minimum atomic E-state index is -3.40. The summed E-state index contributed by atoms with van der Waals surface area (Å²) in [4.78, 5) is 21.3. The minimum absolute atomic E-state index is 0.115. The van der Waals surface area contributed by atoms with Crippen LogP contribution in [-0.4, -0.2) is 56.0 Å². The molecule has 1 spiro atoms. The van der Waals surface area contributed by atoms with E-state index >= 15 is 0 Å². The van der Waals surface area contributed by atoms with E-state index in [1.165, 1.54) is 11.1 Å². The summed E-state index contributed by atoms with van der Waals surface area (Å²) < 4.78 is 28.2. The van der Waals surface area contributed by atoms with Gasteiger partial charge in [0.05, 0.1) is 18.9 Å². The number of nitrogens with one attached hydrogen (secondary N) is 1. The van der Waals surface area contributed by atoms with E-state index in [1.54, 1.807) is 0 Å². The van der Waals surface area contributed by atoms with Crippen molar-refractivity contribution in [1.29, 1.82) is 0 Å². The SMILES string of the molecule is CS(=O)(=O)c1cnc(N2CC3(CCNCC3)OC2=O)cn1. The number of hydrogen-bond acceptors (Lipinski definition) is 7. The molecule has 9 heteroatoms. The normalized spacial score (nSPS) is 21.6. The Morgan fingerprint density at radius 2 is 2.00 bits per heavy atom. The summed E-state index contributed by atoms with van der Waals surface area (Å²) in [5.41, 5.74) is -0.473. The van der Waals surface area contributed by atoms with Gasteiger partial charge in [-0.05, 0) is 13.1 Å². The number of hydrogen-bond donors (Lipinski definition) is 1. The van der Waals surface area contributed by atoms with E-state index in [0.717, 1.165) is 38.4 Å². The lowest BCUT2D eigenvalue weighted by Crippen LogP contribution is -2.45. The molecule has 21 heavy (non-hydrogen) atoms. The van der Waals surface area contributed by atoms with Crippen molar-refractivity contribution in [3.8, 4) is 0 Å². The Morgan fingerprint density at radius 3 is 2.57 bits per heavy atom.